The second-order valence-corrected chi connectivity index (χ2v) is 9.67. The fraction of sp³-hybridized carbons (Fsp3) is 0.217. The molecule has 0 saturated heterocycles. The van der Waals surface area contributed by atoms with Crippen LogP contribution in [-0.4, -0.2) is 32.3 Å². The number of furan rings is 1. The first-order chi connectivity index (χ1) is 16.1. The SMILES string of the molecule is NC(=O)c1c(NC(=O)CSc2nnc(-c3ccco3)n2Cc2ccccc2)sc2c1CCC2. The second kappa shape index (κ2) is 9.24. The molecule has 0 aliphatic heterocycles. The van der Waals surface area contributed by atoms with E-state index in [9.17, 15) is 9.59 Å². The number of carbonyl (C=O) groups is 2. The highest BCUT2D eigenvalue weighted by atomic mass is 32.2. The summed E-state index contributed by atoms with van der Waals surface area (Å²) in [4.78, 5) is 25.9. The predicted octanol–water partition coefficient (Wildman–Crippen LogP) is 3.97. The molecule has 0 bridgehead atoms. The molecule has 168 valence electrons. The number of carbonyl (C=O) groups excluding carboxylic acids is 2. The van der Waals surface area contributed by atoms with Gasteiger partial charge in [-0.1, -0.05) is 42.1 Å². The van der Waals surface area contributed by atoms with Gasteiger partial charge < -0.3 is 15.5 Å². The summed E-state index contributed by atoms with van der Waals surface area (Å²) in [7, 11) is 0. The average molecular weight is 480 g/mol. The number of nitrogens with two attached hydrogens (primary N) is 1. The molecule has 4 aromatic rings. The Morgan fingerprint density at radius 1 is 1.15 bits per heavy atom. The van der Waals surface area contributed by atoms with E-state index in [-0.39, 0.29) is 11.7 Å². The Morgan fingerprint density at radius 2 is 2.00 bits per heavy atom. The maximum atomic E-state index is 12.7. The normalized spacial score (nSPS) is 12.6. The lowest BCUT2D eigenvalue weighted by Gasteiger charge is -2.10. The number of rotatable bonds is 8. The zero-order chi connectivity index (χ0) is 22.8. The van der Waals surface area contributed by atoms with Crippen LogP contribution in [0.5, 0.6) is 0 Å². The van der Waals surface area contributed by atoms with Gasteiger partial charge in [-0.05, 0) is 42.5 Å². The molecule has 1 aliphatic rings. The highest BCUT2D eigenvalue weighted by Gasteiger charge is 2.26. The number of hydrogen-bond donors (Lipinski definition) is 2. The minimum Gasteiger partial charge on any atom is -0.461 e. The van der Waals surface area contributed by atoms with Crippen LogP contribution in [0.15, 0.2) is 58.3 Å². The van der Waals surface area contributed by atoms with E-state index in [1.165, 1.54) is 23.1 Å². The molecule has 1 aliphatic carbocycles. The molecular formula is C23H21N5O3S2. The van der Waals surface area contributed by atoms with E-state index in [4.69, 9.17) is 10.2 Å². The lowest BCUT2D eigenvalue weighted by molar-refractivity contribution is -0.113. The molecule has 3 N–H and O–H groups in total. The summed E-state index contributed by atoms with van der Waals surface area (Å²) >= 11 is 2.73. The number of nitrogens with zero attached hydrogens (tertiary/aromatic N) is 3. The lowest BCUT2D eigenvalue weighted by atomic mass is 10.1. The van der Waals surface area contributed by atoms with Crippen molar-refractivity contribution in [3.05, 3.63) is 70.3 Å². The smallest absolute Gasteiger partial charge is 0.251 e. The van der Waals surface area contributed by atoms with Crippen LogP contribution in [0.4, 0.5) is 5.00 Å². The van der Waals surface area contributed by atoms with Gasteiger partial charge in [-0.15, -0.1) is 21.5 Å². The fourth-order valence-electron chi connectivity index (χ4n) is 3.94. The standard InChI is InChI=1S/C23H21N5O3S2/c24-20(30)19-15-8-4-10-17(15)33-22(19)25-18(29)13-32-23-27-26-21(16-9-5-11-31-16)28(23)12-14-6-2-1-3-7-14/h1-3,5-7,9,11H,4,8,10,12-13H2,(H2,24,30)(H,25,29). The van der Waals surface area contributed by atoms with Crippen molar-refractivity contribution in [2.24, 2.45) is 5.73 Å². The maximum Gasteiger partial charge on any atom is 0.251 e. The van der Waals surface area contributed by atoms with Crippen molar-refractivity contribution in [3.8, 4) is 11.6 Å². The molecule has 10 heteroatoms. The third-order valence-electron chi connectivity index (χ3n) is 5.39. The lowest BCUT2D eigenvalue weighted by Crippen LogP contribution is -2.19. The first kappa shape index (κ1) is 21.5. The number of benzene rings is 1. The highest BCUT2D eigenvalue weighted by molar-refractivity contribution is 7.99. The van der Waals surface area contributed by atoms with Crippen LogP contribution in [0.3, 0.4) is 0 Å². The van der Waals surface area contributed by atoms with Gasteiger partial charge in [-0.3, -0.25) is 14.2 Å². The topological polar surface area (TPSA) is 116 Å². The Bertz CT molecular complexity index is 1300. The monoisotopic (exact) mass is 479 g/mol. The van der Waals surface area contributed by atoms with Gasteiger partial charge in [0.1, 0.15) is 5.00 Å². The first-order valence-corrected chi connectivity index (χ1v) is 12.3. The van der Waals surface area contributed by atoms with Crippen LogP contribution in [0.1, 0.15) is 32.8 Å². The Morgan fingerprint density at radius 3 is 2.76 bits per heavy atom. The molecule has 0 radical (unpaired) electrons. The quantitative estimate of drug-likeness (QED) is 0.370. The van der Waals surface area contributed by atoms with Gasteiger partial charge in [0.15, 0.2) is 10.9 Å². The largest absolute Gasteiger partial charge is 0.461 e. The van der Waals surface area contributed by atoms with Crippen molar-refractivity contribution >= 4 is 39.9 Å². The molecule has 1 aromatic carbocycles. The van der Waals surface area contributed by atoms with Crippen molar-refractivity contribution < 1.29 is 14.0 Å². The molecule has 8 nitrogen and oxygen atoms in total. The third-order valence-corrected chi connectivity index (χ3v) is 7.57. The van der Waals surface area contributed by atoms with Crippen LogP contribution < -0.4 is 11.1 Å². The number of aromatic nitrogens is 3. The van der Waals surface area contributed by atoms with Crippen LogP contribution in [-0.2, 0) is 24.2 Å². The van der Waals surface area contributed by atoms with E-state index in [1.54, 1.807) is 12.3 Å². The van der Waals surface area contributed by atoms with Crippen molar-refractivity contribution in [1.29, 1.82) is 0 Å². The Hall–Kier alpha value is -3.37. The van der Waals surface area contributed by atoms with Gasteiger partial charge in [0, 0.05) is 4.88 Å². The van der Waals surface area contributed by atoms with Crippen molar-refractivity contribution in [3.63, 3.8) is 0 Å². The van der Waals surface area contributed by atoms with Gasteiger partial charge in [0.25, 0.3) is 5.91 Å². The van der Waals surface area contributed by atoms with Gasteiger partial charge >= 0.3 is 0 Å². The third kappa shape index (κ3) is 4.44. The molecule has 0 saturated carbocycles. The van der Waals surface area contributed by atoms with E-state index in [0.29, 0.717) is 33.9 Å². The number of aryl methyl sites for hydroxylation is 1. The fourth-order valence-corrected chi connectivity index (χ4v) is 5.99. The molecule has 2 amide bonds. The number of thioether (sulfide) groups is 1. The number of primary amides is 1. The molecule has 0 spiro atoms. The van der Waals surface area contributed by atoms with Gasteiger partial charge in [-0.2, -0.15) is 0 Å². The van der Waals surface area contributed by atoms with E-state index >= 15 is 0 Å². The highest BCUT2D eigenvalue weighted by Crippen LogP contribution is 2.39. The summed E-state index contributed by atoms with van der Waals surface area (Å²) in [6.07, 6.45) is 4.35. The van der Waals surface area contributed by atoms with Crippen LogP contribution >= 0.6 is 23.1 Å². The minimum atomic E-state index is -0.497. The summed E-state index contributed by atoms with van der Waals surface area (Å²) in [5.41, 5.74) is 8.12. The Labute approximate surface area is 198 Å². The molecule has 3 aromatic heterocycles. The number of hydrogen-bond acceptors (Lipinski definition) is 7. The molecule has 5 rings (SSSR count). The summed E-state index contributed by atoms with van der Waals surface area (Å²) in [5, 5.41) is 12.6. The zero-order valence-corrected chi connectivity index (χ0v) is 19.2. The van der Waals surface area contributed by atoms with Crippen LogP contribution in [0, 0.1) is 0 Å². The van der Waals surface area contributed by atoms with E-state index < -0.39 is 5.91 Å². The first-order valence-electron chi connectivity index (χ1n) is 10.5. The van der Waals surface area contributed by atoms with Gasteiger partial charge in [0.05, 0.1) is 24.1 Å². The molecule has 3 heterocycles. The van der Waals surface area contributed by atoms with Crippen molar-refractivity contribution in [2.75, 3.05) is 11.1 Å². The Balaban J connectivity index is 1.34. The zero-order valence-electron chi connectivity index (χ0n) is 17.6. The Kier molecular flexibility index (Phi) is 6.01. The summed E-state index contributed by atoms with van der Waals surface area (Å²) in [6.45, 7) is 0.539. The number of thiophene rings is 1. The van der Waals surface area contributed by atoms with Gasteiger partial charge in [0.2, 0.25) is 11.7 Å². The van der Waals surface area contributed by atoms with Crippen molar-refractivity contribution in [2.45, 2.75) is 31.0 Å². The number of nitrogens with one attached hydrogen (secondary N) is 1. The van der Waals surface area contributed by atoms with E-state index in [2.05, 4.69) is 15.5 Å². The molecule has 0 unspecified atom stereocenters. The maximum absolute atomic E-state index is 12.7. The van der Waals surface area contributed by atoms with E-state index in [1.807, 2.05) is 41.0 Å². The average Bonchev–Trinajstić information content (AvgIpc) is 3.57. The minimum absolute atomic E-state index is 0.117. The van der Waals surface area contributed by atoms with Crippen LogP contribution in [0.25, 0.3) is 11.6 Å². The predicted molar refractivity (Wildman–Crippen MR) is 127 cm³/mol. The van der Waals surface area contributed by atoms with E-state index in [0.717, 1.165) is 35.3 Å². The molecule has 0 fully saturated rings. The molecule has 33 heavy (non-hydrogen) atoms. The summed E-state index contributed by atoms with van der Waals surface area (Å²) in [6, 6.07) is 13.6. The number of anilines is 1. The number of amides is 2. The van der Waals surface area contributed by atoms with Crippen LogP contribution in [0.2, 0.25) is 0 Å². The number of fused-ring (bicyclic) bond motifs is 1. The summed E-state index contributed by atoms with van der Waals surface area (Å²) < 4.78 is 7.46. The van der Waals surface area contributed by atoms with Gasteiger partial charge in [-0.25, -0.2) is 0 Å². The van der Waals surface area contributed by atoms with Crippen molar-refractivity contribution in [1.82, 2.24) is 14.8 Å². The molecule has 0 atom stereocenters. The summed E-state index contributed by atoms with van der Waals surface area (Å²) in [5.74, 6) is 0.594. The molecular weight excluding hydrogens is 458 g/mol. The second-order valence-electron chi connectivity index (χ2n) is 7.62.